The van der Waals surface area contributed by atoms with Crippen molar-refractivity contribution in [2.75, 3.05) is 12.4 Å². The van der Waals surface area contributed by atoms with Crippen LogP contribution in [0.4, 0.5) is 5.69 Å². The number of pyridine rings is 1. The summed E-state index contributed by atoms with van der Waals surface area (Å²) in [6.07, 6.45) is 4.21. The van der Waals surface area contributed by atoms with Gasteiger partial charge in [0, 0.05) is 17.3 Å². The first-order chi connectivity index (χ1) is 11.6. The largest absolute Gasteiger partial charge is 0.497 e. The molecule has 0 spiro atoms. The first kappa shape index (κ1) is 16.2. The molecule has 1 amide bonds. The normalized spacial score (nSPS) is 13.1. The number of methoxy groups -OCH3 is 1. The van der Waals surface area contributed by atoms with E-state index in [1.54, 1.807) is 31.4 Å². The van der Waals surface area contributed by atoms with E-state index in [4.69, 9.17) is 4.74 Å². The summed E-state index contributed by atoms with van der Waals surface area (Å²) in [6, 6.07) is 8.72. The molecular weight excluding hydrogens is 304 g/mol. The predicted octanol–water partition coefficient (Wildman–Crippen LogP) is 3.42. The Morgan fingerprint density at radius 3 is 2.67 bits per heavy atom. The first-order valence-electron chi connectivity index (χ1n) is 8.07. The summed E-state index contributed by atoms with van der Waals surface area (Å²) in [5, 5.41) is 2.79. The zero-order valence-electron chi connectivity index (χ0n) is 13.9. The number of nitrogens with one attached hydrogen (secondary N) is 1. The molecule has 124 valence electrons. The van der Waals surface area contributed by atoms with Crippen LogP contribution in [0.2, 0.25) is 0 Å². The van der Waals surface area contributed by atoms with E-state index in [9.17, 15) is 9.59 Å². The van der Waals surface area contributed by atoms with Gasteiger partial charge in [0.2, 0.25) is 0 Å². The molecule has 1 aromatic heterocycles. The van der Waals surface area contributed by atoms with Gasteiger partial charge >= 0.3 is 0 Å². The molecule has 1 N–H and O–H groups in total. The molecule has 1 aromatic carbocycles. The van der Waals surface area contributed by atoms with Crippen LogP contribution in [0.25, 0.3) is 0 Å². The number of carbonyl (C=O) groups is 2. The molecule has 0 fully saturated rings. The Bertz CT molecular complexity index is 799. The van der Waals surface area contributed by atoms with Crippen molar-refractivity contribution in [3.8, 4) is 5.75 Å². The van der Waals surface area contributed by atoms with Crippen molar-refractivity contribution in [1.29, 1.82) is 0 Å². The number of fused-ring (bicyclic) bond motifs is 1. The van der Waals surface area contributed by atoms with Crippen molar-refractivity contribution < 1.29 is 14.3 Å². The standard InChI is InChI=1S/C19H20N2O3/c1-12(22)15-9-8-14(24-2)11-18(15)21-19(23)17-10-7-13-5-3-4-6-16(13)20-17/h7-11H,3-6H2,1-2H3,(H,21,23). The highest BCUT2D eigenvalue weighted by Crippen LogP contribution is 2.24. The monoisotopic (exact) mass is 324 g/mol. The van der Waals surface area contributed by atoms with Crippen molar-refractivity contribution in [2.24, 2.45) is 0 Å². The molecule has 24 heavy (non-hydrogen) atoms. The highest BCUT2D eigenvalue weighted by atomic mass is 16.5. The van der Waals surface area contributed by atoms with Gasteiger partial charge in [-0.2, -0.15) is 0 Å². The van der Waals surface area contributed by atoms with Crippen molar-refractivity contribution in [3.05, 3.63) is 52.8 Å². The molecule has 1 heterocycles. The highest BCUT2D eigenvalue weighted by molar-refractivity contribution is 6.08. The van der Waals surface area contributed by atoms with E-state index < -0.39 is 0 Å². The van der Waals surface area contributed by atoms with Crippen molar-refractivity contribution in [3.63, 3.8) is 0 Å². The molecular formula is C19H20N2O3. The summed E-state index contributed by atoms with van der Waals surface area (Å²) in [5.41, 5.74) is 3.48. The number of hydrogen-bond donors (Lipinski definition) is 1. The Kier molecular flexibility index (Phi) is 4.60. The molecule has 5 nitrogen and oxygen atoms in total. The zero-order valence-corrected chi connectivity index (χ0v) is 13.9. The number of ether oxygens (including phenoxy) is 1. The minimum absolute atomic E-state index is 0.119. The number of aromatic nitrogens is 1. The van der Waals surface area contributed by atoms with Gasteiger partial charge in [-0.15, -0.1) is 0 Å². The molecule has 1 aliphatic carbocycles. The van der Waals surface area contributed by atoms with E-state index in [1.165, 1.54) is 18.9 Å². The predicted molar refractivity (Wildman–Crippen MR) is 91.8 cm³/mol. The van der Waals surface area contributed by atoms with Crippen molar-refractivity contribution in [1.82, 2.24) is 4.98 Å². The third kappa shape index (κ3) is 3.30. The smallest absolute Gasteiger partial charge is 0.274 e. The number of carbonyl (C=O) groups excluding carboxylic acids is 2. The van der Waals surface area contributed by atoms with Gasteiger partial charge in [-0.05, 0) is 56.4 Å². The average molecular weight is 324 g/mol. The molecule has 3 rings (SSSR count). The number of nitrogens with zero attached hydrogens (tertiary/aromatic N) is 1. The van der Waals surface area contributed by atoms with Crippen LogP contribution in [0.15, 0.2) is 30.3 Å². The summed E-state index contributed by atoms with van der Waals surface area (Å²) < 4.78 is 5.17. The van der Waals surface area contributed by atoms with Gasteiger partial charge in [0.15, 0.2) is 5.78 Å². The first-order valence-corrected chi connectivity index (χ1v) is 8.07. The van der Waals surface area contributed by atoms with Gasteiger partial charge in [-0.1, -0.05) is 6.07 Å². The van der Waals surface area contributed by atoms with Crippen LogP contribution in [0.5, 0.6) is 5.75 Å². The number of anilines is 1. The second kappa shape index (κ2) is 6.83. The lowest BCUT2D eigenvalue weighted by Crippen LogP contribution is -2.18. The van der Waals surface area contributed by atoms with E-state index in [2.05, 4.69) is 10.3 Å². The lowest BCUT2D eigenvalue weighted by Gasteiger charge is -2.16. The Hall–Kier alpha value is -2.69. The van der Waals surface area contributed by atoms with E-state index in [0.717, 1.165) is 25.0 Å². The number of hydrogen-bond acceptors (Lipinski definition) is 4. The number of rotatable bonds is 4. The van der Waals surface area contributed by atoms with Gasteiger partial charge in [0.25, 0.3) is 5.91 Å². The average Bonchev–Trinajstić information content (AvgIpc) is 2.60. The summed E-state index contributed by atoms with van der Waals surface area (Å²) in [4.78, 5) is 28.8. The van der Waals surface area contributed by atoms with Gasteiger partial charge in [-0.25, -0.2) is 4.98 Å². The van der Waals surface area contributed by atoms with E-state index in [-0.39, 0.29) is 11.7 Å². The van der Waals surface area contributed by atoms with E-state index >= 15 is 0 Å². The Balaban J connectivity index is 1.88. The van der Waals surface area contributed by atoms with Crippen LogP contribution in [-0.4, -0.2) is 23.8 Å². The Labute approximate surface area is 141 Å². The van der Waals surface area contributed by atoms with Crippen LogP contribution in [-0.2, 0) is 12.8 Å². The summed E-state index contributed by atoms with van der Waals surface area (Å²) in [7, 11) is 1.54. The van der Waals surface area contributed by atoms with Crippen LogP contribution in [0, 0.1) is 0 Å². The number of benzene rings is 1. The molecule has 0 saturated carbocycles. The third-order valence-corrected chi connectivity index (χ3v) is 4.27. The SMILES string of the molecule is COc1ccc(C(C)=O)c(NC(=O)c2ccc3c(n2)CCCC3)c1. The molecule has 0 unspecified atom stereocenters. The summed E-state index contributed by atoms with van der Waals surface area (Å²) >= 11 is 0. The molecule has 5 heteroatoms. The van der Waals surface area contributed by atoms with Crippen molar-refractivity contribution in [2.45, 2.75) is 32.6 Å². The second-order valence-corrected chi connectivity index (χ2v) is 5.93. The maximum atomic E-state index is 12.5. The number of Topliss-reactive ketones (excluding diaryl/α,β-unsaturated/α-hetero) is 1. The molecule has 1 aliphatic rings. The van der Waals surface area contributed by atoms with Crippen LogP contribution >= 0.6 is 0 Å². The third-order valence-electron chi connectivity index (χ3n) is 4.27. The van der Waals surface area contributed by atoms with Gasteiger partial charge in [0.1, 0.15) is 11.4 Å². The Morgan fingerprint density at radius 1 is 1.12 bits per heavy atom. The fourth-order valence-electron chi connectivity index (χ4n) is 2.96. The second-order valence-electron chi connectivity index (χ2n) is 5.93. The topological polar surface area (TPSA) is 68.3 Å². The number of ketones is 1. The maximum Gasteiger partial charge on any atom is 0.274 e. The van der Waals surface area contributed by atoms with Gasteiger partial charge < -0.3 is 10.1 Å². The zero-order chi connectivity index (χ0) is 17.1. The molecule has 0 aliphatic heterocycles. The van der Waals surface area contributed by atoms with Crippen molar-refractivity contribution >= 4 is 17.4 Å². The van der Waals surface area contributed by atoms with Crippen LogP contribution in [0.3, 0.4) is 0 Å². The molecule has 0 radical (unpaired) electrons. The molecule has 0 atom stereocenters. The molecule has 0 bridgehead atoms. The van der Waals surface area contributed by atoms with Crippen LogP contribution in [0.1, 0.15) is 51.9 Å². The van der Waals surface area contributed by atoms with Crippen LogP contribution < -0.4 is 10.1 Å². The summed E-state index contributed by atoms with van der Waals surface area (Å²) in [5.74, 6) is 0.138. The highest BCUT2D eigenvalue weighted by Gasteiger charge is 2.17. The minimum Gasteiger partial charge on any atom is -0.497 e. The van der Waals surface area contributed by atoms with Gasteiger partial charge in [-0.3, -0.25) is 9.59 Å². The number of aryl methyl sites for hydroxylation is 2. The fourth-order valence-corrected chi connectivity index (χ4v) is 2.96. The van der Waals surface area contributed by atoms with E-state index in [1.807, 2.05) is 6.07 Å². The molecule has 2 aromatic rings. The van der Waals surface area contributed by atoms with Gasteiger partial charge in [0.05, 0.1) is 12.8 Å². The lowest BCUT2D eigenvalue weighted by atomic mass is 9.96. The minimum atomic E-state index is -0.320. The quantitative estimate of drug-likeness (QED) is 0.875. The fraction of sp³-hybridized carbons (Fsp3) is 0.316. The maximum absolute atomic E-state index is 12.5. The lowest BCUT2D eigenvalue weighted by molar-refractivity contribution is 0.101. The summed E-state index contributed by atoms with van der Waals surface area (Å²) in [6.45, 7) is 1.47. The molecule has 0 saturated heterocycles. The Morgan fingerprint density at radius 2 is 1.92 bits per heavy atom. The van der Waals surface area contributed by atoms with E-state index in [0.29, 0.717) is 22.7 Å². The number of amides is 1.